The van der Waals surface area contributed by atoms with Crippen molar-refractivity contribution < 1.29 is 14.3 Å². The highest BCUT2D eigenvalue weighted by molar-refractivity contribution is 9.10. The smallest absolute Gasteiger partial charge is 0.249 e. The fraction of sp³-hybridized carbons (Fsp3) is 0.471. The van der Waals surface area contributed by atoms with Gasteiger partial charge in [-0.2, -0.15) is 0 Å². The first-order valence-corrected chi connectivity index (χ1v) is 8.23. The number of amides is 1. The van der Waals surface area contributed by atoms with Crippen LogP contribution in [0, 0.1) is 11.7 Å². The van der Waals surface area contributed by atoms with Crippen LogP contribution >= 0.6 is 15.9 Å². The molecule has 0 aliphatic heterocycles. The maximum Gasteiger partial charge on any atom is 0.249 e. The topological polar surface area (TPSA) is 63.3 Å². The first kappa shape index (κ1) is 15.7. The summed E-state index contributed by atoms with van der Waals surface area (Å²) in [6.07, 6.45) is 3.04. The zero-order chi connectivity index (χ0) is 16.2. The highest BCUT2D eigenvalue weighted by Crippen LogP contribution is 2.49. The second-order valence-corrected chi connectivity index (χ2v) is 7.58. The zero-order valence-electron chi connectivity index (χ0n) is 12.7. The number of allylic oxidation sites excluding steroid dienone is 2. The second kappa shape index (κ2) is 5.17. The van der Waals surface area contributed by atoms with E-state index in [2.05, 4.69) is 15.9 Å². The van der Waals surface area contributed by atoms with Crippen molar-refractivity contribution in [3.63, 3.8) is 0 Å². The maximum absolute atomic E-state index is 14.1. The predicted molar refractivity (Wildman–Crippen MR) is 86.9 cm³/mol. The van der Waals surface area contributed by atoms with Crippen molar-refractivity contribution in [1.29, 1.82) is 0 Å². The lowest BCUT2D eigenvalue weighted by molar-refractivity contribution is 0.0123. The quantitative estimate of drug-likeness (QED) is 0.838. The Bertz CT molecular complexity index is 704. The molecule has 22 heavy (non-hydrogen) atoms. The van der Waals surface area contributed by atoms with E-state index in [9.17, 15) is 14.3 Å². The molecule has 0 saturated heterocycles. The Labute approximate surface area is 137 Å². The van der Waals surface area contributed by atoms with Gasteiger partial charge in [0.15, 0.2) is 0 Å². The molecule has 3 rings (SSSR count). The molecule has 0 unspecified atom stereocenters. The van der Waals surface area contributed by atoms with E-state index in [-0.39, 0.29) is 11.5 Å². The number of aliphatic hydroxyl groups is 1. The largest absolute Gasteiger partial charge is 0.390 e. The highest BCUT2D eigenvalue weighted by atomic mass is 79.9. The molecule has 1 atom stereocenters. The number of benzene rings is 1. The first-order chi connectivity index (χ1) is 10.2. The lowest BCUT2D eigenvalue weighted by Crippen LogP contribution is -2.32. The van der Waals surface area contributed by atoms with Gasteiger partial charge >= 0.3 is 0 Å². The summed E-state index contributed by atoms with van der Waals surface area (Å²) in [5.41, 5.74) is 8.88. The van der Waals surface area contributed by atoms with Gasteiger partial charge in [0.2, 0.25) is 5.91 Å². The monoisotopic (exact) mass is 367 g/mol. The molecule has 0 fully saturated rings. The Morgan fingerprint density at radius 2 is 2.18 bits per heavy atom. The third kappa shape index (κ3) is 2.40. The molecule has 1 aromatic rings. The molecule has 0 heterocycles. The van der Waals surface area contributed by atoms with Gasteiger partial charge in [0.1, 0.15) is 5.82 Å². The van der Waals surface area contributed by atoms with Crippen LogP contribution in [0.1, 0.15) is 54.6 Å². The van der Waals surface area contributed by atoms with Crippen LogP contribution in [0.3, 0.4) is 0 Å². The van der Waals surface area contributed by atoms with E-state index in [1.165, 1.54) is 11.6 Å². The minimum absolute atomic E-state index is 0.182. The fourth-order valence-corrected chi connectivity index (χ4v) is 4.29. The van der Waals surface area contributed by atoms with Gasteiger partial charge in [-0.15, -0.1) is 0 Å². The second-order valence-electron chi connectivity index (χ2n) is 6.79. The fourth-order valence-electron chi connectivity index (χ4n) is 3.70. The Morgan fingerprint density at radius 1 is 1.50 bits per heavy atom. The van der Waals surface area contributed by atoms with E-state index in [1.54, 1.807) is 0 Å². The average molecular weight is 368 g/mol. The summed E-state index contributed by atoms with van der Waals surface area (Å²) < 4.78 is 14.5. The van der Waals surface area contributed by atoms with Crippen molar-refractivity contribution in [2.75, 3.05) is 0 Å². The summed E-state index contributed by atoms with van der Waals surface area (Å²) in [7, 11) is 0. The molecule has 0 spiro atoms. The van der Waals surface area contributed by atoms with Gasteiger partial charge < -0.3 is 10.8 Å². The Kier molecular flexibility index (Phi) is 3.68. The molecular formula is C17H19BrFNO2. The van der Waals surface area contributed by atoms with Gasteiger partial charge in [0.05, 0.1) is 10.1 Å². The minimum Gasteiger partial charge on any atom is -0.390 e. The van der Waals surface area contributed by atoms with Crippen molar-refractivity contribution in [3.05, 3.63) is 38.6 Å². The summed E-state index contributed by atoms with van der Waals surface area (Å²) in [4.78, 5) is 11.6. The summed E-state index contributed by atoms with van der Waals surface area (Å²) >= 11 is 3.32. The van der Waals surface area contributed by atoms with Crippen LogP contribution in [0.15, 0.2) is 16.1 Å². The molecule has 0 saturated carbocycles. The third-order valence-electron chi connectivity index (χ3n) is 4.95. The van der Waals surface area contributed by atoms with Crippen LogP contribution in [0.5, 0.6) is 0 Å². The summed E-state index contributed by atoms with van der Waals surface area (Å²) in [6.45, 7) is 3.66. The minimum atomic E-state index is -0.734. The van der Waals surface area contributed by atoms with E-state index >= 15 is 0 Å². The SMILES string of the molecule is CC(C)(O)[C@@H]1CCC2=C(Cc3c(C(N)=O)cc(F)c(Br)c32)C1. The Hall–Kier alpha value is -1.20. The number of hydrogen-bond donors (Lipinski definition) is 2. The summed E-state index contributed by atoms with van der Waals surface area (Å²) in [6, 6.07) is 1.22. The number of rotatable bonds is 2. The van der Waals surface area contributed by atoms with Gasteiger partial charge in [0.25, 0.3) is 0 Å². The molecule has 1 amide bonds. The molecular weight excluding hydrogens is 349 g/mol. The van der Waals surface area contributed by atoms with Gasteiger partial charge in [-0.3, -0.25) is 4.79 Å². The van der Waals surface area contributed by atoms with Crippen molar-refractivity contribution in [2.45, 2.75) is 45.1 Å². The third-order valence-corrected chi connectivity index (χ3v) is 5.72. The molecule has 0 aromatic heterocycles. The number of fused-ring (bicyclic) bond motifs is 2. The van der Waals surface area contributed by atoms with Crippen LogP contribution in [0.25, 0.3) is 5.57 Å². The molecule has 5 heteroatoms. The van der Waals surface area contributed by atoms with Gasteiger partial charge in [-0.1, -0.05) is 5.57 Å². The number of hydrogen-bond acceptors (Lipinski definition) is 2. The molecule has 0 bridgehead atoms. The van der Waals surface area contributed by atoms with Gasteiger partial charge in [-0.05, 0) is 84.1 Å². The molecule has 3 N–H and O–H groups in total. The molecule has 1 aromatic carbocycles. The molecule has 118 valence electrons. The van der Waals surface area contributed by atoms with Crippen molar-refractivity contribution in [2.24, 2.45) is 11.7 Å². The van der Waals surface area contributed by atoms with Crippen molar-refractivity contribution in [1.82, 2.24) is 0 Å². The molecule has 3 nitrogen and oxygen atoms in total. The molecule has 2 aliphatic rings. The van der Waals surface area contributed by atoms with Gasteiger partial charge in [0, 0.05) is 5.56 Å². The number of primary amides is 1. The van der Waals surface area contributed by atoms with Crippen molar-refractivity contribution in [3.8, 4) is 0 Å². The Morgan fingerprint density at radius 3 is 2.77 bits per heavy atom. The Balaban J connectivity index is 2.08. The van der Waals surface area contributed by atoms with E-state index in [0.29, 0.717) is 10.9 Å². The molecule has 0 radical (unpaired) electrons. The normalized spacial score (nSPS) is 20.9. The van der Waals surface area contributed by atoms with E-state index < -0.39 is 17.3 Å². The summed E-state index contributed by atoms with van der Waals surface area (Å²) in [5, 5.41) is 10.3. The maximum atomic E-state index is 14.1. The average Bonchev–Trinajstić information content (AvgIpc) is 2.79. The van der Waals surface area contributed by atoms with Crippen LogP contribution in [-0.4, -0.2) is 16.6 Å². The molecule has 2 aliphatic carbocycles. The van der Waals surface area contributed by atoms with Crippen LogP contribution in [-0.2, 0) is 6.42 Å². The predicted octanol–water partition coefficient (Wildman–Crippen LogP) is 3.57. The lowest BCUT2D eigenvalue weighted by atomic mass is 9.76. The standard InChI is InChI=1S/C17H19BrFNO2/c1-17(2,22)9-3-4-10-8(5-9)6-11-12(16(20)21)7-13(19)15(18)14(10)11/h7,9,22H,3-6H2,1-2H3,(H2,20,21)/t9-/m1/s1. The number of carbonyl (C=O) groups is 1. The number of nitrogens with two attached hydrogens (primary N) is 1. The highest BCUT2D eigenvalue weighted by Gasteiger charge is 2.37. The summed E-state index contributed by atoms with van der Waals surface area (Å²) in [5.74, 6) is -0.867. The lowest BCUT2D eigenvalue weighted by Gasteiger charge is -2.33. The van der Waals surface area contributed by atoms with Crippen LogP contribution in [0.2, 0.25) is 0 Å². The number of halogens is 2. The van der Waals surface area contributed by atoms with Crippen molar-refractivity contribution >= 4 is 27.4 Å². The van der Waals surface area contributed by atoms with Gasteiger partial charge in [-0.25, -0.2) is 4.39 Å². The zero-order valence-corrected chi connectivity index (χ0v) is 14.3. The van der Waals surface area contributed by atoms with E-state index in [0.717, 1.165) is 36.0 Å². The number of carbonyl (C=O) groups excluding carboxylic acids is 1. The van der Waals surface area contributed by atoms with Crippen LogP contribution in [0.4, 0.5) is 4.39 Å². The van der Waals surface area contributed by atoms with Crippen LogP contribution < -0.4 is 5.73 Å². The first-order valence-electron chi connectivity index (χ1n) is 7.44. The van der Waals surface area contributed by atoms with E-state index in [1.807, 2.05) is 13.8 Å². The van der Waals surface area contributed by atoms with E-state index in [4.69, 9.17) is 5.73 Å².